The van der Waals surface area contributed by atoms with Gasteiger partial charge in [0.1, 0.15) is 0 Å². The van der Waals surface area contributed by atoms with Crippen LogP contribution in [0.25, 0.3) is 0 Å². The third-order valence-electron chi connectivity index (χ3n) is 4.80. The topological polar surface area (TPSA) is 20.2 Å². The first-order valence-corrected chi connectivity index (χ1v) is 11.0. The summed E-state index contributed by atoms with van der Waals surface area (Å²) < 4.78 is 0. The Balaban J connectivity index is 1.81. The van der Waals surface area contributed by atoms with Gasteiger partial charge in [0.2, 0.25) is 0 Å². The summed E-state index contributed by atoms with van der Waals surface area (Å²) in [6.45, 7) is 4.94. The number of hydrogen-bond donors (Lipinski definition) is 1. The molecule has 0 bridgehead atoms. The molecule has 1 N–H and O–H groups in total. The van der Waals surface area contributed by atoms with Gasteiger partial charge in [-0.25, -0.2) is 0 Å². The Morgan fingerprint density at radius 1 is 1.11 bits per heavy atom. The second-order valence-corrected chi connectivity index (χ2v) is 11.6. The van der Waals surface area contributed by atoms with Crippen LogP contribution in [-0.2, 0) is 0 Å². The van der Waals surface area contributed by atoms with E-state index in [-0.39, 0.29) is 6.10 Å². The zero-order valence-electron chi connectivity index (χ0n) is 12.4. The van der Waals surface area contributed by atoms with Crippen molar-refractivity contribution in [1.29, 1.82) is 0 Å². The van der Waals surface area contributed by atoms with Crippen molar-refractivity contribution in [1.82, 2.24) is 0 Å². The number of aliphatic hydroxyl groups is 1. The van der Waals surface area contributed by atoms with Gasteiger partial charge >= 0.3 is 0 Å². The lowest BCUT2D eigenvalue weighted by atomic mass is 9.84. The fourth-order valence-electron chi connectivity index (χ4n) is 3.36. The molecule has 1 aliphatic rings. The third-order valence-corrected chi connectivity index (χ3v) is 8.30. The summed E-state index contributed by atoms with van der Waals surface area (Å²) in [4.78, 5) is 0. The first kappa shape index (κ1) is 14.8. The molecule has 0 amide bonds. The normalized spacial score (nSPS) is 24.4. The van der Waals surface area contributed by atoms with Crippen LogP contribution in [0.2, 0.25) is 19.1 Å². The lowest BCUT2D eigenvalue weighted by molar-refractivity contribution is 0.0649. The average molecular weight is 276 g/mol. The van der Waals surface area contributed by atoms with E-state index in [1.54, 1.807) is 5.19 Å². The van der Waals surface area contributed by atoms with Crippen molar-refractivity contribution in [3.8, 4) is 0 Å². The van der Waals surface area contributed by atoms with E-state index in [1.165, 1.54) is 38.1 Å². The van der Waals surface area contributed by atoms with Gasteiger partial charge in [0.05, 0.1) is 14.2 Å². The monoisotopic (exact) mass is 276 g/mol. The molecule has 1 aromatic carbocycles. The van der Waals surface area contributed by atoms with Crippen molar-refractivity contribution in [2.75, 3.05) is 0 Å². The van der Waals surface area contributed by atoms with Gasteiger partial charge < -0.3 is 5.11 Å². The minimum absolute atomic E-state index is 0.0183. The summed E-state index contributed by atoms with van der Waals surface area (Å²) in [7, 11) is -1.27. The fraction of sp³-hybridized carbons (Fsp3) is 0.647. The minimum atomic E-state index is -1.27. The summed E-state index contributed by atoms with van der Waals surface area (Å²) in [5, 5.41) is 11.6. The standard InChI is InChI=1S/C17H28OSi/c1-19(2,16-11-4-3-5-12-16)14-8-10-15-9-6-7-13-17(15)18/h3-5,11-12,15,17-18H,6-10,13-14H2,1-2H3/t15-,17+/m0/s1. The molecule has 1 aromatic rings. The van der Waals surface area contributed by atoms with Crippen molar-refractivity contribution in [3.05, 3.63) is 30.3 Å². The molecule has 2 rings (SSSR count). The average Bonchev–Trinajstić information content (AvgIpc) is 2.42. The van der Waals surface area contributed by atoms with Crippen LogP contribution < -0.4 is 5.19 Å². The van der Waals surface area contributed by atoms with Crippen LogP contribution in [0.5, 0.6) is 0 Å². The highest BCUT2D eigenvalue weighted by molar-refractivity contribution is 6.89. The Kier molecular flexibility index (Phi) is 5.23. The van der Waals surface area contributed by atoms with Gasteiger partial charge in [0, 0.05) is 0 Å². The number of hydrogen-bond acceptors (Lipinski definition) is 1. The summed E-state index contributed by atoms with van der Waals surface area (Å²) >= 11 is 0. The maximum Gasteiger partial charge on any atom is 0.0806 e. The maximum atomic E-state index is 10.0. The molecule has 0 saturated heterocycles. The SMILES string of the molecule is C[Si](C)(CCC[C@@H]1CCCC[C@H]1O)c1ccccc1. The van der Waals surface area contributed by atoms with E-state index in [4.69, 9.17) is 0 Å². The molecule has 1 fully saturated rings. The van der Waals surface area contributed by atoms with Crippen molar-refractivity contribution in [2.24, 2.45) is 5.92 Å². The van der Waals surface area contributed by atoms with Crippen LogP contribution in [0, 0.1) is 5.92 Å². The van der Waals surface area contributed by atoms with Gasteiger partial charge in [-0.2, -0.15) is 0 Å². The molecule has 1 nitrogen and oxygen atoms in total. The second-order valence-electron chi connectivity index (χ2n) is 6.75. The van der Waals surface area contributed by atoms with Crippen LogP contribution in [0.4, 0.5) is 0 Å². The number of aliphatic hydroxyl groups excluding tert-OH is 1. The van der Waals surface area contributed by atoms with Gasteiger partial charge in [-0.15, -0.1) is 0 Å². The third kappa shape index (κ3) is 4.18. The smallest absolute Gasteiger partial charge is 0.0806 e. The zero-order valence-corrected chi connectivity index (χ0v) is 13.4. The van der Waals surface area contributed by atoms with Crippen LogP contribution in [0.3, 0.4) is 0 Å². The summed E-state index contributed by atoms with van der Waals surface area (Å²) in [6.07, 6.45) is 7.32. The highest BCUT2D eigenvalue weighted by Gasteiger charge is 2.26. The van der Waals surface area contributed by atoms with E-state index >= 15 is 0 Å². The molecule has 2 atom stereocenters. The Bertz CT molecular complexity index is 374. The first-order valence-electron chi connectivity index (χ1n) is 7.83. The fourth-order valence-corrected chi connectivity index (χ4v) is 5.84. The highest BCUT2D eigenvalue weighted by atomic mass is 28.3. The quantitative estimate of drug-likeness (QED) is 0.808. The van der Waals surface area contributed by atoms with E-state index < -0.39 is 8.07 Å². The van der Waals surface area contributed by atoms with Crippen molar-refractivity contribution < 1.29 is 5.11 Å². The molecule has 1 aliphatic carbocycles. The summed E-state index contributed by atoms with van der Waals surface area (Å²) in [6, 6.07) is 12.4. The Hall–Kier alpha value is -0.603. The molecular weight excluding hydrogens is 248 g/mol. The van der Waals surface area contributed by atoms with E-state index in [0.29, 0.717) is 5.92 Å². The molecule has 0 radical (unpaired) electrons. The Morgan fingerprint density at radius 3 is 2.47 bits per heavy atom. The second kappa shape index (κ2) is 6.71. The lowest BCUT2D eigenvalue weighted by Crippen LogP contribution is -2.41. The highest BCUT2D eigenvalue weighted by Crippen LogP contribution is 2.29. The predicted molar refractivity (Wildman–Crippen MR) is 85.6 cm³/mol. The molecule has 1 saturated carbocycles. The van der Waals surface area contributed by atoms with Gasteiger partial charge in [0.25, 0.3) is 0 Å². The zero-order chi connectivity index (χ0) is 13.7. The summed E-state index contributed by atoms with van der Waals surface area (Å²) in [5.74, 6) is 0.578. The molecule has 0 heterocycles. The first-order chi connectivity index (χ1) is 9.09. The summed E-state index contributed by atoms with van der Waals surface area (Å²) in [5.41, 5.74) is 0. The van der Waals surface area contributed by atoms with Crippen LogP contribution in [0.1, 0.15) is 38.5 Å². The van der Waals surface area contributed by atoms with E-state index in [2.05, 4.69) is 43.4 Å². The number of rotatable bonds is 5. The van der Waals surface area contributed by atoms with E-state index in [9.17, 15) is 5.11 Å². The molecule has 0 aliphatic heterocycles. The van der Waals surface area contributed by atoms with Crippen LogP contribution in [0.15, 0.2) is 30.3 Å². The van der Waals surface area contributed by atoms with Crippen molar-refractivity contribution in [3.63, 3.8) is 0 Å². The van der Waals surface area contributed by atoms with E-state index in [1.807, 2.05) is 0 Å². The lowest BCUT2D eigenvalue weighted by Gasteiger charge is -2.29. The predicted octanol–water partition coefficient (Wildman–Crippen LogP) is 3.93. The van der Waals surface area contributed by atoms with Crippen molar-refractivity contribution in [2.45, 2.75) is 63.8 Å². The largest absolute Gasteiger partial charge is 0.393 e. The van der Waals surface area contributed by atoms with Gasteiger partial charge in [-0.05, 0) is 25.2 Å². The molecule has 0 aromatic heterocycles. The van der Waals surface area contributed by atoms with Gasteiger partial charge in [-0.1, -0.05) is 73.9 Å². The Labute approximate surface area is 119 Å². The maximum absolute atomic E-state index is 10.0. The van der Waals surface area contributed by atoms with Gasteiger partial charge in [0.15, 0.2) is 0 Å². The van der Waals surface area contributed by atoms with E-state index in [0.717, 1.165) is 6.42 Å². The van der Waals surface area contributed by atoms with Crippen molar-refractivity contribution >= 4 is 13.3 Å². The molecule has 106 valence electrons. The molecule has 19 heavy (non-hydrogen) atoms. The number of benzene rings is 1. The Morgan fingerprint density at radius 2 is 1.79 bits per heavy atom. The molecule has 0 unspecified atom stereocenters. The molecule has 2 heteroatoms. The molecule has 0 spiro atoms. The van der Waals surface area contributed by atoms with Crippen LogP contribution in [-0.4, -0.2) is 19.3 Å². The minimum Gasteiger partial charge on any atom is -0.393 e. The van der Waals surface area contributed by atoms with Crippen LogP contribution >= 0.6 is 0 Å². The van der Waals surface area contributed by atoms with Gasteiger partial charge in [-0.3, -0.25) is 0 Å². The molecular formula is C17H28OSi.